The van der Waals surface area contributed by atoms with Crippen molar-refractivity contribution in [1.29, 1.82) is 0 Å². The molecule has 2 aromatic heterocycles. The number of aromatic nitrogens is 3. The van der Waals surface area contributed by atoms with Crippen LogP contribution in [0.25, 0.3) is 27.8 Å². The molecule has 4 rings (SSSR count). The monoisotopic (exact) mass is 317 g/mol. The van der Waals surface area contributed by atoms with Gasteiger partial charge in [-0.25, -0.2) is 9.48 Å². The number of nitrogens with one attached hydrogen (secondary N) is 1. The molecule has 0 aliphatic carbocycles. The van der Waals surface area contributed by atoms with E-state index in [1.165, 1.54) is 0 Å². The molecule has 0 spiro atoms. The van der Waals surface area contributed by atoms with Gasteiger partial charge in [0.15, 0.2) is 0 Å². The van der Waals surface area contributed by atoms with Crippen molar-refractivity contribution in [1.82, 2.24) is 14.8 Å². The number of fused-ring (bicyclic) bond motifs is 1. The maximum absolute atomic E-state index is 11.7. The smallest absolute Gasteiger partial charge is 0.353 e. The van der Waals surface area contributed by atoms with Gasteiger partial charge in [-0.1, -0.05) is 36.4 Å². The van der Waals surface area contributed by atoms with Gasteiger partial charge in [0.1, 0.15) is 5.69 Å². The second kappa shape index (κ2) is 5.38. The molecule has 0 fully saturated rings. The summed E-state index contributed by atoms with van der Waals surface area (Å²) in [5.41, 5.74) is 4.10. The van der Waals surface area contributed by atoms with Gasteiger partial charge in [-0.3, -0.25) is 0 Å². The lowest BCUT2D eigenvalue weighted by Crippen LogP contribution is -2.00. The van der Waals surface area contributed by atoms with Crippen molar-refractivity contribution in [3.05, 3.63) is 72.1 Å². The third kappa shape index (κ3) is 2.18. The van der Waals surface area contributed by atoms with Crippen LogP contribution in [0.2, 0.25) is 0 Å². The van der Waals surface area contributed by atoms with E-state index in [1.807, 2.05) is 72.3 Å². The average molecular weight is 317 g/mol. The summed E-state index contributed by atoms with van der Waals surface area (Å²) in [5, 5.41) is 15.1. The number of H-pyrrole nitrogens is 1. The Morgan fingerprint density at radius 3 is 2.54 bits per heavy atom. The Kier molecular flexibility index (Phi) is 3.20. The SMILES string of the molecule is Cc1cc(-c2c(C(=O)O)[nH]c3ccccc23)nn1-c1ccccc1. The normalized spacial score (nSPS) is 11.0. The summed E-state index contributed by atoms with van der Waals surface area (Å²) in [4.78, 5) is 14.6. The van der Waals surface area contributed by atoms with Crippen LogP contribution in [0, 0.1) is 6.92 Å². The zero-order valence-electron chi connectivity index (χ0n) is 13.0. The minimum absolute atomic E-state index is 0.161. The number of para-hydroxylation sites is 2. The lowest BCUT2D eigenvalue weighted by molar-refractivity contribution is 0.0692. The van der Waals surface area contributed by atoms with E-state index in [-0.39, 0.29) is 5.69 Å². The van der Waals surface area contributed by atoms with Gasteiger partial charge in [0.05, 0.1) is 11.4 Å². The number of hydrogen-bond donors (Lipinski definition) is 2. The van der Waals surface area contributed by atoms with Crippen molar-refractivity contribution in [3.63, 3.8) is 0 Å². The van der Waals surface area contributed by atoms with Crippen molar-refractivity contribution >= 4 is 16.9 Å². The van der Waals surface area contributed by atoms with Crippen LogP contribution >= 0.6 is 0 Å². The lowest BCUT2D eigenvalue weighted by Gasteiger charge is -2.03. The highest BCUT2D eigenvalue weighted by Crippen LogP contribution is 2.32. The van der Waals surface area contributed by atoms with Crippen LogP contribution in [-0.4, -0.2) is 25.8 Å². The second-order valence-electron chi connectivity index (χ2n) is 5.64. The van der Waals surface area contributed by atoms with E-state index in [1.54, 1.807) is 0 Å². The number of hydrogen-bond acceptors (Lipinski definition) is 2. The van der Waals surface area contributed by atoms with Crippen molar-refractivity contribution in [3.8, 4) is 16.9 Å². The van der Waals surface area contributed by atoms with Gasteiger partial charge in [-0.05, 0) is 31.2 Å². The first-order chi connectivity index (χ1) is 11.6. The largest absolute Gasteiger partial charge is 0.477 e. The molecular weight excluding hydrogens is 302 g/mol. The van der Waals surface area contributed by atoms with E-state index in [0.29, 0.717) is 11.3 Å². The van der Waals surface area contributed by atoms with Gasteiger partial charge in [-0.15, -0.1) is 0 Å². The molecule has 0 unspecified atom stereocenters. The summed E-state index contributed by atoms with van der Waals surface area (Å²) in [7, 11) is 0. The summed E-state index contributed by atoms with van der Waals surface area (Å²) >= 11 is 0. The Morgan fingerprint density at radius 2 is 1.79 bits per heavy atom. The molecule has 118 valence electrons. The number of aromatic carboxylic acids is 1. The van der Waals surface area contributed by atoms with Crippen LogP contribution in [0.3, 0.4) is 0 Å². The second-order valence-corrected chi connectivity index (χ2v) is 5.64. The molecule has 5 nitrogen and oxygen atoms in total. The first-order valence-electron chi connectivity index (χ1n) is 7.61. The Morgan fingerprint density at radius 1 is 1.08 bits per heavy atom. The molecule has 0 saturated carbocycles. The van der Waals surface area contributed by atoms with E-state index >= 15 is 0 Å². The average Bonchev–Trinajstić information content (AvgIpc) is 3.16. The molecular formula is C19H15N3O2. The van der Waals surface area contributed by atoms with Crippen LogP contribution in [0.4, 0.5) is 0 Å². The lowest BCUT2D eigenvalue weighted by atomic mass is 10.1. The quantitative estimate of drug-likeness (QED) is 0.599. The summed E-state index contributed by atoms with van der Waals surface area (Å²) in [6.07, 6.45) is 0. The fraction of sp³-hybridized carbons (Fsp3) is 0.0526. The Bertz CT molecular complexity index is 1050. The zero-order chi connectivity index (χ0) is 16.7. The predicted molar refractivity (Wildman–Crippen MR) is 92.6 cm³/mol. The molecule has 4 aromatic rings. The highest BCUT2D eigenvalue weighted by atomic mass is 16.4. The zero-order valence-corrected chi connectivity index (χ0v) is 13.0. The van der Waals surface area contributed by atoms with Gasteiger partial charge >= 0.3 is 5.97 Å². The summed E-state index contributed by atoms with van der Waals surface area (Å²) in [6.45, 7) is 1.96. The number of rotatable bonds is 3. The third-order valence-electron chi connectivity index (χ3n) is 4.06. The van der Waals surface area contributed by atoms with E-state index in [4.69, 9.17) is 0 Å². The maximum Gasteiger partial charge on any atom is 0.353 e. The summed E-state index contributed by atoms with van der Waals surface area (Å²) in [5.74, 6) is -0.992. The van der Waals surface area contributed by atoms with E-state index in [0.717, 1.165) is 22.3 Å². The number of nitrogens with zero attached hydrogens (tertiary/aromatic N) is 2. The van der Waals surface area contributed by atoms with Crippen molar-refractivity contribution in [2.24, 2.45) is 0 Å². The first kappa shape index (κ1) is 14.3. The number of carboxylic acids is 1. The molecule has 0 radical (unpaired) electrons. The highest BCUT2D eigenvalue weighted by Gasteiger charge is 2.21. The van der Waals surface area contributed by atoms with Crippen LogP contribution < -0.4 is 0 Å². The van der Waals surface area contributed by atoms with Crippen LogP contribution in [0.5, 0.6) is 0 Å². The van der Waals surface area contributed by atoms with E-state index in [9.17, 15) is 9.90 Å². The van der Waals surface area contributed by atoms with Gasteiger partial charge < -0.3 is 10.1 Å². The molecule has 0 bridgehead atoms. The maximum atomic E-state index is 11.7. The number of aromatic amines is 1. The first-order valence-corrected chi connectivity index (χ1v) is 7.61. The van der Waals surface area contributed by atoms with Crippen molar-refractivity contribution in [2.45, 2.75) is 6.92 Å². The molecule has 5 heteroatoms. The molecule has 0 atom stereocenters. The fourth-order valence-electron chi connectivity index (χ4n) is 3.00. The number of carboxylic acid groups (broad SMARTS) is 1. The standard InChI is InChI=1S/C19H15N3O2/c1-12-11-16(21-22(12)13-7-3-2-4-8-13)17-14-9-5-6-10-15(14)20-18(17)19(23)24/h2-11,20H,1H3,(H,23,24). The topological polar surface area (TPSA) is 70.9 Å². The molecule has 2 N–H and O–H groups in total. The molecule has 0 amide bonds. The van der Waals surface area contributed by atoms with Gasteiger partial charge in [0.25, 0.3) is 0 Å². The summed E-state index contributed by atoms with van der Waals surface area (Å²) < 4.78 is 1.82. The minimum Gasteiger partial charge on any atom is -0.477 e. The fourth-order valence-corrected chi connectivity index (χ4v) is 3.00. The number of carbonyl (C=O) groups is 1. The van der Waals surface area contributed by atoms with Crippen molar-refractivity contribution in [2.75, 3.05) is 0 Å². The number of aryl methyl sites for hydroxylation is 1. The van der Waals surface area contributed by atoms with Crippen LogP contribution in [0.15, 0.2) is 60.7 Å². The molecule has 24 heavy (non-hydrogen) atoms. The van der Waals surface area contributed by atoms with Gasteiger partial charge in [0.2, 0.25) is 0 Å². The summed E-state index contributed by atoms with van der Waals surface area (Å²) in [6, 6.07) is 19.2. The van der Waals surface area contributed by atoms with E-state index in [2.05, 4.69) is 10.1 Å². The Hall–Kier alpha value is -3.34. The molecule has 0 aliphatic heterocycles. The van der Waals surface area contributed by atoms with Crippen LogP contribution in [-0.2, 0) is 0 Å². The van der Waals surface area contributed by atoms with Crippen LogP contribution in [0.1, 0.15) is 16.2 Å². The number of benzene rings is 2. The van der Waals surface area contributed by atoms with Gasteiger partial charge in [-0.2, -0.15) is 5.10 Å². The molecule has 0 aliphatic rings. The highest BCUT2D eigenvalue weighted by molar-refractivity contribution is 6.06. The molecule has 0 saturated heterocycles. The Balaban J connectivity index is 1.96. The van der Waals surface area contributed by atoms with Crippen molar-refractivity contribution < 1.29 is 9.90 Å². The van der Waals surface area contributed by atoms with Gasteiger partial charge in [0, 0.05) is 22.2 Å². The third-order valence-corrected chi connectivity index (χ3v) is 4.06. The predicted octanol–water partition coefficient (Wildman–Crippen LogP) is 4.03. The van der Waals surface area contributed by atoms with E-state index < -0.39 is 5.97 Å². The minimum atomic E-state index is -0.992. The molecule has 2 aromatic carbocycles. The molecule has 2 heterocycles. The Labute approximate surface area is 138 Å².